The van der Waals surface area contributed by atoms with Crippen molar-refractivity contribution in [2.75, 3.05) is 11.3 Å². The molecule has 0 aliphatic rings. The molecule has 28 heavy (non-hydrogen) atoms. The zero-order valence-electron chi connectivity index (χ0n) is 15.1. The molecule has 2 aromatic carbocycles. The van der Waals surface area contributed by atoms with Crippen LogP contribution < -0.4 is 9.46 Å². The Hall–Kier alpha value is -3.39. The second-order valence-corrected chi connectivity index (χ2v) is 7.72. The molecule has 0 unspecified atom stereocenters. The molecule has 0 radical (unpaired) electrons. The third-order valence-corrected chi connectivity index (χ3v) is 5.51. The van der Waals surface area contributed by atoms with Crippen molar-refractivity contribution >= 4 is 21.5 Å². The topological polar surface area (TPSA) is 85.6 Å². The average Bonchev–Trinajstić information content (AvgIpc) is 3.13. The summed E-state index contributed by atoms with van der Waals surface area (Å²) in [5.74, 6) is 1.24. The molecule has 4 aromatic rings. The van der Waals surface area contributed by atoms with Crippen LogP contribution in [0.2, 0.25) is 0 Å². The monoisotopic (exact) mass is 394 g/mol. The van der Waals surface area contributed by atoms with Gasteiger partial charge in [-0.1, -0.05) is 12.1 Å². The number of nitrogens with zero attached hydrogens (tertiary/aromatic N) is 3. The zero-order chi connectivity index (χ0) is 19.6. The van der Waals surface area contributed by atoms with E-state index in [1.165, 1.54) is 12.1 Å². The summed E-state index contributed by atoms with van der Waals surface area (Å²) in [6.45, 7) is 2.40. The lowest BCUT2D eigenvalue weighted by atomic mass is 10.1. The third kappa shape index (κ3) is 3.67. The van der Waals surface area contributed by atoms with E-state index in [0.717, 1.165) is 11.3 Å². The molecule has 8 heteroatoms. The second-order valence-electron chi connectivity index (χ2n) is 6.04. The standard InChI is InChI=1S/C20H18N4O3S/c1-2-27-17-8-10-18(11-9-17)28(25,26)23-16-6-4-15(5-7-16)19-14-24-13-3-12-21-20(24)22-19/h3-14,23H,2H2,1H3. The number of rotatable bonds is 6. The number of sulfonamides is 1. The minimum absolute atomic E-state index is 0.173. The minimum Gasteiger partial charge on any atom is -0.494 e. The molecule has 4 rings (SSSR count). The normalized spacial score (nSPS) is 11.5. The number of hydrogen-bond acceptors (Lipinski definition) is 5. The number of fused-ring (bicyclic) bond motifs is 1. The summed E-state index contributed by atoms with van der Waals surface area (Å²) in [7, 11) is -3.68. The lowest BCUT2D eigenvalue weighted by Gasteiger charge is -2.09. The van der Waals surface area contributed by atoms with Crippen LogP contribution in [0.3, 0.4) is 0 Å². The van der Waals surface area contributed by atoms with Gasteiger partial charge in [-0.15, -0.1) is 0 Å². The smallest absolute Gasteiger partial charge is 0.261 e. The lowest BCUT2D eigenvalue weighted by Crippen LogP contribution is -2.12. The van der Waals surface area contributed by atoms with Gasteiger partial charge in [-0.2, -0.15) is 0 Å². The van der Waals surface area contributed by atoms with Crippen LogP contribution in [0.5, 0.6) is 5.75 Å². The molecule has 0 saturated heterocycles. The van der Waals surface area contributed by atoms with Crippen LogP contribution in [0.4, 0.5) is 5.69 Å². The molecule has 1 N–H and O–H groups in total. The highest BCUT2D eigenvalue weighted by atomic mass is 32.2. The van der Waals surface area contributed by atoms with Gasteiger partial charge >= 0.3 is 0 Å². The van der Waals surface area contributed by atoms with Gasteiger partial charge in [0.05, 0.1) is 17.2 Å². The minimum atomic E-state index is -3.68. The van der Waals surface area contributed by atoms with Crippen molar-refractivity contribution in [2.45, 2.75) is 11.8 Å². The first-order chi connectivity index (χ1) is 13.5. The van der Waals surface area contributed by atoms with Crippen LogP contribution in [0.1, 0.15) is 6.92 Å². The molecule has 0 bridgehead atoms. The Morgan fingerprint density at radius 2 is 1.82 bits per heavy atom. The summed E-state index contributed by atoms with van der Waals surface area (Å²) in [6, 6.07) is 15.2. The maximum atomic E-state index is 12.6. The predicted molar refractivity (Wildman–Crippen MR) is 107 cm³/mol. The largest absolute Gasteiger partial charge is 0.494 e. The first kappa shape index (κ1) is 18.0. The van der Waals surface area contributed by atoms with Gasteiger partial charge in [0.2, 0.25) is 5.78 Å². The van der Waals surface area contributed by atoms with E-state index in [9.17, 15) is 8.42 Å². The molecule has 0 aliphatic carbocycles. The highest BCUT2D eigenvalue weighted by Crippen LogP contribution is 2.23. The quantitative estimate of drug-likeness (QED) is 0.540. The molecular weight excluding hydrogens is 376 g/mol. The van der Waals surface area contributed by atoms with Gasteiger partial charge in [0.25, 0.3) is 10.0 Å². The van der Waals surface area contributed by atoms with E-state index in [4.69, 9.17) is 4.74 Å². The zero-order valence-corrected chi connectivity index (χ0v) is 15.9. The Kier molecular flexibility index (Phi) is 4.70. The van der Waals surface area contributed by atoms with Crippen molar-refractivity contribution in [3.05, 3.63) is 73.2 Å². The molecule has 0 atom stereocenters. The molecule has 0 fully saturated rings. The Labute approximate surface area is 162 Å². The molecule has 142 valence electrons. The van der Waals surface area contributed by atoms with E-state index in [2.05, 4.69) is 14.7 Å². The second kappa shape index (κ2) is 7.32. The van der Waals surface area contributed by atoms with E-state index in [1.54, 1.807) is 30.5 Å². The van der Waals surface area contributed by atoms with Gasteiger partial charge in [-0.25, -0.2) is 18.4 Å². The number of ether oxygens (including phenoxy) is 1. The molecule has 0 spiro atoms. The summed E-state index contributed by atoms with van der Waals surface area (Å²) in [6.07, 6.45) is 5.44. The van der Waals surface area contributed by atoms with E-state index in [-0.39, 0.29) is 4.90 Å². The maximum Gasteiger partial charge on any atom is 0.261 e. The Bertz CT molecular complexity index is 1170. The summed E-state index contributed by atoms with van der Waals surface area (Å²) >= 11 is 0. The van der Waals surface area contributed by atoms with E-state index < -0.39 is 10.0 Å². The molecule has 0 saturated carbocycles. The number of hydrogen-bond donors (Lipinski definition) is 1. The van der Waals surface area contributed by atoms with Gasteiger partial charge in [0.1, 0.15) is 5.75 Å². The molecule has 0 aliphatic heterocycles. The number of nitrogens with one attached hydrogen (secondary N) is 1. The molecule has 2 heterocycles. The fourth-order valence-corrected chi connectivity index (χ4v) is 3.83. The Balaban J connectivity index is 1.53. The number of anilines is 1. The summed E-state index contributed by atoms with van der Waals surface area (Å²) < 4.78 is 34.9. The van der Waals surface area contributed by atoms with Crippen molar-refractivity contribution in [1.29, 1.82) is 0 Å². The van der Waals surface area contributed by atoms with Gasteiger partial charge < -0.3 is 4.74 Å². The molecule has 0 amide bonds. The van der Waals surface area contributed by atoms with Gasteiger partial charge in [0.15, 0.2) is 0 Å². The van der Waals surface area contributed by atoms with E-state index >= 15 is 0 Å². The van der Waals surface area contributed by atoms with Crippen LogP contribution in [-0.4, -0.2) is 29.4 Å². The molecule has 2 aromatic heterocycles. The van der Waals surface area contributed by atoms with Crippen molar-refractivity contribution in [3.8, 4) is 17.0 Å². The van der Waals surface area contributed by atoms with Crippen molar-refractivity contribution in [3.63, 3.8) is 0 Å². The highest BCUT2D eigenvalue weighted by molar-refractivity contribution is 7.92. The highest BCUT2D eigenvalue weighted by Gasteiger charge is 2.14. The number of aromatic nitrogens is 3. The average molecular weight is 394 g/mol. The first-order valence-electron chi connectivity index (χ1n) is 8.71. The lowest BCUT2D eigenvalue weighted by molar-refractivity contribution is 0.340. The number of imidazole rings is 1. The van der Waals surface area contributed by atoms with Crippen LogP contribution in [-0.2, 0) is 10.0 Å². The summed E-state index contributed by atoms with van der Waals surface area (Å²) in [5, 5.41) is 0. The first-order valence-corrected chi connectivity index (χ1v) is 10.2. The summed E-state index contributed by atoms with van der Waals surface area (Å²) in [5.41, 5.74) is 2.11. The SMILES string of the molecule is CCOc1ccc(S(=O)(=O)Nc2ccc(-c3cn4cccnc4n3)cc2)cc1. The molecular formula is C20H18N4O3S. The number of benzene rings is 2. The fraction of sp³-hybridized carbons (Fsp3) is 0.100. The Morgan fingerprint density at radius 3 is 2.50 bits per heavy atom. The Morgan fingerprint density at radius 1 is 1.07 bits per heavy atom. The van der Waals surface area contributed by atoms with Crippen LogP contribution in [0.15, 0.2) is 78.1 Å². The van der Waals surface area contributed by atoms with Crippen molar-refractivity contribution < 1.29 is 13.2 Å². The van der Waals surface area contributed by atoms with Crippen LogP contribution in [0.25, 0.3) is 17.0 Å². The van der Waals surface area contributed by atoms with Gasteiger partial charge in [-0.05, 0) is 49.4 Å². The fourth-order valence-electron chi connectivity index (χ4n) is 2.77. The van der Waals surface area contributed by atoms with E-state index in [1.807, 2.05) is 41.9 Å². The van der Waals surface area contributed by atoms with Crippen molar-refractivity contribution in [2.24, 2.45) is 0 Å². The van der Waals surface area contributed by atoms with Crippen LogP contribution >= 0.6 is 0 Å². The van der Waals surface area contributed by atoms with E-state index in [0.29, 0.717) is 23.8 Å². The molecule has 7 nitrogen and oxygen atoms in total. The summed E-state index contributed by atoms with van der Waals surface area (Å²) in [4.78, 5) is 8.83. The predicted octanol–water partition coefficient (Wildman–Crippen LogP) is 3.60. The van der Waals surface area contributed by atoms with Gasteiger partial charge in [-0.3, -0.25) is 9.12 Å². The third-order valence-electron chi connectivity index (χ3n) is 4.11. The van der Waals surface area contributed by atoms with Crippen LogP contribution in [0, 0.1) is 0 Å². The van der Waals surface area contributed by atoms with Crippen molar-refractivity contribution in [1.82, 2.24) is 14.4 Å². The maximum absolute atomic E-state index is 12.6. The van der Waals surface area contributed by atoms with Gasteiger partial charge in [0, 0.05) is 29.8 Å².